The second kappa shape index (κ2) is 18.2. The van der Waals surface area contributed by atoms with Crippen LogP contribution in [0, 0.1) is 13.8 Å². The Morgan fingerprint density at radius 1 is 0.803 bits per heavy atom. The lowest BCUT2D eigenvalue weighted by molar-refractivity contribution is -0.146. The Balaban J connectivity index is 1.11. The maximum absolute atomic E-state index is 13.6. The van der Waals surface area contributed by atoms with Crippen molar-refractivity contribution in [1.82, 2.24) is 29.3 Å². The van der Waals surface area contributed by atoms with Crippen LogP contribution in [0.15, 0.2) is 41.6 Å². The van der Waals surface area contributed by atoms with Gasteiger partial charge in [0.1, 0.15) is 55.2 Å². The fraction of sp³-hybridized carbons (Fsp3) is 0.600. The highest BCUT2D eigenvalue weighted by atomic mass is 31.2. The standard InChI is InChI=1S/C30H40N9O24P3/c1-10-5-37(27(45)34-22(10)42)17-3-12(14(7-40)58-17)62-65(52,53)57-9-16-20(19(41)25(60-16)39-29(47)32-21-24(44)33-26(31)36-30(21,39)48)63-66(54,55)56-8-15-13(61-64(49,50)51)4-18(59-15)38-6-11(2)23(43)35-28(38)46/h5-6,12-20,25,40-41,48H,3-4,7-9H2,1-2H3,(H,52,53)(H,54,55)(H,34,42,45)(H,35,43,46)(H2,49,50,51)(H3,31,33,36,44)/t12-,13-,14+,15+,16+,17+,18+,19+,20+,25+,30+/m0/s1. The average molecular weight is 1000 g/mol. The van der Waals surface area contributed by atoms with Crippen LogP contribution in [0.3, 0.4) is 0 Å². The Morgan fingerprint density at radius 2 is 1.32 bits per heavy atom. The zero-order chi connectivity index (χ0) is 48.4. The molecule has 0 radical (unpaired) electrons. The first kappa shape index (κ1) is 49.4. The summed E-state index contributed by atoms with van der Waals surface area (Å²) in [6.45, 7) is -0.494. The molecular formula is C30H40N9O24P3. The molecular weight excluding hydrogens is 963 g/mol. The lowest BCUT2D eigenvalue weighted by Gasteiger charge is -2.36. The number of nitrogens with one attached hydrogen (secondary N) is 3. The van der Waals surface area contributed by atoms with E-state index < -0.39 is 163 Å². The molecule has 7 heterocycles. The number of carbonyl (C=O) groups is 2. The number of amides is 3. The largest absolute Gasteiger partial charge is 0.472 e. The van der Waals surface area contributed by atoms with Gasteiger partial charge in [0.2, 0.25) is 0 Å². The van der Waals surface area contributed by atoms with Crippen LogP contribution in [0.25, 0.3) is 0 Å². The number of fused-ring (bicyclic) bond motifs is 1. The normalized spacial score (nSPS) is 33.0. The summed E-state index contributed by atoms with van der Waals surface area (Å²) >= 11 is 0. The summed E-state index contributed by atoms with van der Waals surface area (Å²) in [5.41, 5.74) is 1.36. The number of ether oxygens (including phenoxy) is 3. The number of hydrogen-bond acceptors (Lipinski definition) is 22. The number of aromatic nitrogens is 4. The van der Waals surface area contributed by atoms with Crippen molar-refractivity contribution in [2.24, 2.45) is 15.7 Å². The molecule has 0 bridgehead atoms. The number of nitrogens with zero attached hydrogens (tertiary/aromatic N) is 5. The quantitative estimate of drug-likeness (QED) is 0.0700. The summed E-state index contributed by atoms with van der Waals surface area (Å²) in [5.74, 6) is -5.04. The number of aliphatic imine (C=N–C) groups is 2. The van der Waals surface area contributed by atoms with Gasteiger partial charge in [-0.25, -0.2) is 33.0 Å². The molecule has 36 heteroatoms. The number of guanidine groups is 1. The van der Waals surface area contributed by atoms with Gasteiger partial charge in [0, 0.05) is 36.4 Å². The molecule has 5 aliphatic heterocycles. The van der Waals surface area contributed by atoms with Gasteiger partial charge in [0.25, 0.3) is 22.9 Å². The molecule has 7 rings (SSSR count). The molecule has 2 aromatic rings. The lowest BCUT2D eigenvalue weighted by atomic mass is 10.1. The molecule has 0 aromatic carbocycles. The third-order valence-corrected chi connectivity index (χ3v) is 13.0. The van der Waals surface area contributed by atoms with Crippen molar-refractivity contribution in [1.29, 1.82) is 0 Å². The minimum absolute atomic E-state index is 0.0238. The van der Waals surface area contributed by atoms with E-state index in [0.29, 0.717) is 0 Å². The minimum atomic E-state index is -5.65. The van der Waals surface area contributed by atoms with Crippen molar-refractivity contribution in [3.05, 3.63) is 65.2 Å². The van der Waals surface area contributed by atoms with Crippen LogP contribution >= 0.6 is 23.5 Å². The molecule has 2 aromatic heterocycles. The summed E-state index contributed by atoms with van der Waals surface area (Å²) in [6, 6.07) is -1.49. The van der Waals surface area contributed by atoms with Gasteiger partial charge in [0.05, 0.1) is 19.8 Å². The summed E-state index contributed by atoms with van der Waals surface area (Å²) < 4.78 is 82.8. The molecule has 13 atom stereocenters. The van der Waals surface area contributed by atoms with E-state index in [1.807, 2.05) is 10.3 Å². The fourth-order valence-corrected chi connectivity index (χ4v) is 9.91. The maximum Gasteiger partial charge on any atom is 0.472 e. The first-order valence-corrected chi connectivity index (χ1v) is 23.5. The summed E-state index contributed by atoms with van der Waals surface area (Å²) in [4.78, 5) is 127. The van der Waals surface area contributed by atoms with Gasteiger partial charge in [-0.2, -0.15) is 9.98 Å². The lowest BCUT2D eigenvalue weighted by Crippen LogP contribution is -2.64. The van der Waals surface area contributed by atoms with Crippen molar-refractivity contribution in [3.63, 3.8) is 0 Å². The van der Waals surface area contributed by atoms with Crippen LogP contribution in [0.1, 0.15) is 36.4 Å². The monoisotopic (exact) mass is 1000 g/mol. The number of aromatic amines is 2. The zero-order valence-corrected chi connectivity index (χ0v) is 36.4. The number of aryl methyl sites for hydroxylation is 2. The van der Waals surface area contributed by atoms with Crippen LogP contribution < -0.4 is 33.5 Å². The van der Waals surface area contributed by atoms with Crippen LogP contribution in [0.5, 0.6) is 0 Å². The van der Waals surface area contributed by atoms with Crippen LogP contribution in [0.2, 0.25) is 0 Å². The number of phosphoric ester groups is 3. The third kappa shape index (κ3) is 10.2. The molecule has 3 amide bonds. The molecule has 2 unspecified atom stereocenters. The Bertz CT molecular complexity index is 2740. The van der Waals surface area contributed by atoms with Gasteiger partial charge in [-0.05, 0) is 13.8 Å². The van der Waals surface area contributed by atoms with Crippen molar-refractivity contribution < 1.29 is 95.0 Å². The number of carbonyl (C=O) groups excluding carboxylic acids is 2. The second-order valence-corrected chi connectivity index (χ2v) is 19.0. The van der Waals surface area contributed by atoms with E-state index in [0.717, 1.165) is 21.5 Å². The Hall–Kier alpha value is -4.47. The third-order valence-electron chi connectivity index (χ3n) is 10.4. The Labute approximate surface area is 365 Å². The summed E-state index contributed by atoms with van der Waals surface area (Å²) in [5, 5.41) is 34.9. The van der Waals surface area contributed by atoms with E-state index in [1.165, 1.54) is 13.8 Å². The average Bonchev–Trinajstić information content (AvgIpc) is 3.93. The van der Waals surface area contributed by atoms with E-state index >= 15 is 0 Å². The first-order valence-electron chi connectivity index (χ1n) is 19.0. The minimum Gasteiger partial charge on any atom is -0.394 e. The van der Waals surface area contributed by atoms with E-state index in [2.05, 4.69) is 15.0 Å². The molecule has 364 valence electrons. The van der Waals surface area contributed by atoms with Crippen LogP contribution in [-0.4, -0.2) is 157 Å². The number of phosphoric acid groups is 3. The highest BCUT2D eigenvalue weighted by molar-refractivity contribution is 7.47. The van der Waals surface area contributed by atoms with Crippen molar-refractivity contribution in [2.45, 2.75) is 93.9 Å². The predicted octanol–water partition coefficient (Wildman–Crippen LogP) is -5.19. The SMILES string of the molecule is Cc1cn([C@H]2C[C@H](OP(=O)(O)O)[C@@H](COP(=O)(O)O[C@H]3[C@@H](O)[C@H](N4C(=O)N=C5C(=O)NC(N)=N[C@]54O)O[C@@H]3COP(=O)(O)O[C@H]3C[C@H](n4cc(C)c(=O)[nH]c4=O)O[C@@H]3CO)O2)c(=O)[nH]c1=O. The number of rotatable bonds is 16. The number of H-pyrrole nitrogens is 2. The molecule has 3 fully saturated rings. The number of aliphatic hydroxyl groups excluding tert-OH is 2. The zero-order valence-electron chi connectivity index (χ0n) is 33.7. The molecule has 33 nitrogen and oxygen atoms in total. The molecule has 0 aliphatic carbocycles. The van der Waals surface area contributed by atoms with Crippen molar-refractivity contribution >= 4 is 47.1 Å². The second-order valence-electron chi connectivity index (χ2n) is 15.0. The van der Waals surface area contributed by atoms with E-state index in [1.54, 1.807) is 0 Å². The van der Waals surface area contributed by atoms with E-state index in [-0.39, 0.29) is 22.4 Å². The van der Waals surface area contributed by atoms with E-state index in [9.17, 15) is 77.4 Å². The Kier molecular flexibility index (Phi) is 13.6. The molecule has 0 saturated carbocycles. The van der Waals surface area contributed by atoms with E-state index in [4.69, 9.17) is 42.6 Å². The first-order chi connectivity index (χ1) is 30.7. The maximum atomic E-state index is 13.6. The van der Waals surface area contributed by atoms with Gasteiger partial charge in [0.15, 0.2) is 17.9 Å². The topological polar surface area (TPSA) is 477 Å². The van der Waals surface area contributed by atoms with Crippen molar-refractivity contribution in [2.75, 3.05) is 19.8 Å². The fourth-order valence-electron chi connectivity index (χ4n) is 7.41. The number of urea groups is 1. The summed E-state index contributed by atoms with van der Waals surface area (Å²) in [6.07, 6.45) is -16.6. The molecule has 5 aliphatic rings. The van der Waals surface area contributed by atoms with Gasteiger partial charge < -0.3 is 54.8 Å². The number of nitrogens with two attached hydrogens (primary N) is 1. The van der Waals surface area contributed by atoms with Gasteiger partial charge in [-0.3, -0.25) is 61.4 Å². The highest BCUT2D eigenvalue weighted by Crippen LogP contribution is 2.52. The van der Waals surface area contributed by atoms with Crippen LogP contribution in [-0.2, 0) is 55.3 Å². The van der Waals surface area contributed by atoms with Crippen molar-refractivity contribution in [3.8, 4) is 0 Å². The molecule has 0 spiro atoms. The van der Waals surface area contributed by atoms with Gasteiger partial charge >= 0.3 is 40.9 Å². The highest BCUT2D eigenvalue weighted by Gasteiger charge is 2.62. The molecule has 3 saturated heterocycles. The van der Waals surface area contributed by atoms with Crippen LogP contribution in [0.4, 0.5) is 4.79 Å². The number of aliphatic hydroxyl groups is 3. The molecule has 12 N–H and O–H groups in total. The predicted molar refractivity (Wildman–Crippen MR) is 209 cm³/mol. The smallest absolute Gasteiger partial charge is 0.394 e. The Morgan fingerprint density at radius 3 is 1.86 bits per heavy atom. The number of hydrogen-bond donors (Lipinski definition) is 11. The van der Waals surface area contributed by atoms with Gasteiger partial charge in [-0.15, -0.1) is 0 Å². The summed E-state index contributed by atoms with van der Waals surface area (Å²) in [7, 11) is -16.4. The molecule has 66 heavy (non-hydrogen) atoms. The van der Waals surface area contributed by atoms with Gasteiger partial charge in [-0.1, -0.05) is 0 Å².